The summed E-state index contributed by atoms with van der Waals surface area (Å²) in [6.07, 6.45) is 3.52. The average Bonchev–Trinajstić information content (AvgIpc) is 3.15. The number of ether oxygens (including phenoxy) is 1. The third-order valence-electron chi connectivity index (χ3n) is 6.83. The number of hydrogen-bond donors (Lipinski definition) is 2. The van der Waals surface area contributed by atoms with Gasteiger partial charge in [0.2, 0.25) is 0 Å². The lowest BCUT2D eigenvalue weighted by Gasteiger charge is -2.29. The van der Waals surface area contributed by atoms with Crippen molar-refractivity contribution in [1.29, 1.82) is 0 Å². The van der Waals surface area contributed by atoms with Gasteiger partial charge in [-0.3, -0.25) is 0 Å². The van der Waals surface area contributed by atoms with Crippen molar-refractivity contribution in [2.24, 2.45) is 0 Å². The van der Waals surface area contributed by atoms with Crippen molar-refractivity contribution in [1.82, 2.24) is 9.47 Å². The van der Waals surface area contributed by atoms with Crippen LogP contribution in [-0.4, -0.2) is 45.9 Å². The quantitative estimate of drug-likeness (QED) is 0.354. The molecular weight excluding hydrogens is 424 g/mol. The second-order valence-corrected chi connectivity index (χ2v) is 9.13. The third-order valence-corrected chi connectivity index (χ3v) is 6.83. The Morgan fingerprint density at radius 2 is 1.56 bits per heavy atom. The highest BCUT2D eigenvalue weighted by Crippen LogP contribution is 2.39. The molecule has 1 unspecified atom stereocenters. The molecule has 0 spiro atoms. The van der Waals surface area contributed by atoms with Gasteiger partial charge in [0.1, 0.15) is 11.5 Å². The summed E-state index contributed by atoms with van der Waals surface area (Å²) in [6, 6.07) is 23.1. The highest BCUT2D eigenvalue weighted by molar-refractivity contribution is 5.92. The van der Waals surface area contributed by atoms with Crippen LogP contribution in [0.3, 0.4) is 0 Å². The first-order valence-electron chi connectivity index (χ1n) is 12.1. The molecule has 5 nitrogen and oxygen atoms in total. The Kier molecular flexibility index (Phi) is 6.57. The number of likely N-dealkylation sites (tertiary alicyclic amines) is 1. The molecule has 3 aromatic carbocycles. The predicted octanol–water partition coefficient (Wildman–Crippen LogP) is 6.08. The molecule has 1 aliphatic rings. The van der Waals surface area contributed by atoms with Crippen molar-refractivity contribution in [3.05, 3.63) is 83.9 Å². The van der Waals surface area contributed by atoms with Crippen LogP contribution in [0.2, 0.25) is 0 Å². The van der Waals surface area contributed by atoms with E-state index in [9.17, 15) is 10.2 Å². The molecule has 5 heteroatoms. The Bertz CT molecular complexity index is 1240. The van der Waals surface area contributed by atoms with Crippen molar-refractivity contribution in [2.75, 3.05) is 26.2 Å². The van der Waals surface area contributed by atoms with Gasteiger partial charge in [-0.05, 0) is 86.4 Å². The SMILES string of the molecule is Cc1c(-c2ccc(O)cc2)n(C(OCCN2CCCCC2)c2ccccc2)c2ccc(O)cc12. The largest absolute Gasteiger partial charge is 0.508 e. The van der Waals surface area contributed by atoms with Gasteiger partial charge in [-0.2, -0.15) is 0 Å². The first-order valence-corrected chi connectivity index (χ1v) is 12.1. The normalized spacial score (nSPS) is 15.6. The Balaban J connectivity index is 1.61. The minimum Gasteiger partial charge on any atom is -0.508 e. The summed E-state index contributed by atoms with van der Waals surface area (Å²) in [5.74, 6) is 0.478. The zero-order valence-corrected chi connectivity index (χ0v) is 19.7. The van der Waals surface area contributed by atoms with Crippen LogP contribution in [0.25, 0.3) is 22.2 Å². The standard InChI is InChI=1S/C29H32N2O3/c1-21-26-20-25(33)14-15-27(26)31(28(21)22-10-12-24(32)13-11-22)29(23-8-4-2-5-9-23)34-19-18-30-16-6-3-7-17-30/h2,4-5,8-15,20,29,32-33H,3,6-7,16-19H2,1H3. The predicted molar refractivity (Wildman–Crippen MR) is 136 cm³/mol. The molecule has 4 aromatic rings. The molecule has 0 aliphatic carbocycles. The number of nitrogens with zero attached hydrogens (tertiary/aromatic N) is 2. The van der Waals surface area contributed by atoms with Crippen LogP contribution in [0.1, 0.15) is 36.6 Å². The van der Waals surface area contributed by atoms with Crippen LogP contribution < -0.4 is 0 Å². The second kappa shape index (κ2) is 9.92. The number of aryl methyl sites for hydroxylation is 1. The molecule has 0 bridgehead atoms. The van der Waals surface area contributed by atoms with E-state index in [2.05, 4.69) is 28.5 Å². The van der Waals surface area contributed by atoms with E-state index in [1.807, 2.05) is 42.5 Å². The lowest BCUT2D eigenvalue weighted by Crippen LogP contribution is -2.33. The fourth-order valence-corrected chi connectivity index (χ4v) is 5.10. The van der Waals surface area contributed by atoms with Gasteiger partial charge >= 0.3 is 0 Å². The zero-order valence-electron chi connectivity index (χ0n) is 19.7. The number of rotatable bonds is 7. The Morgan fingerprint density at radius 1 is 0.853 bits per heavy atom. The summed E-state index contributed by atoms with van der Waals surface area (Å²) in [5.41, 5.74) is 5.16. The van der Waals surface area contributed by atoms with Crippen molar-refractivity contribution in [3.8, 4) is 22.8 Å². The number of phenols is 2. The highest BCUT2D eigenvalue weighted by Gasteiger charge is 2.24. The van der Waals surface area contributed by atoms with Gasteiger partial charge in [0.05, 0.1) is 17.8 Å². The molecule has 0 radical (unpaired) electrons. The van der Waals surface area contributed by atoms with E-state index in [4.69, 9.17) is 4.74 Å². The molecule has 5 rings (SSSR count). The molecule has 1 aromatic heterocycles. The smallest absolute Gasteiger partial charge is 0.160 e. The van der Waals surface area contributed by atoms with Gasteiger partial charge < -0.3 is 24.4 Å². The minimum absolute atomic E-state index is 0.235. The molecule has 176 valence electrons. The van der Waals surface area contributed by atoms with Crippen LogP contribution in [0.4, 0.5) is 0 Å². The fraction of sp³-hybridized carbons (Fsp3) is 0.310. The van der Waals surface area contributed by atoms with Crippen molar-refractivity contribution >= 4 is 10.9 Å². The minimum atomic E-state index is -0.324. The molecule has 1 fully saturated rings. The van der Waals surface area contributed by atoms with Crippen molar-refractivity contribution in [2.45, 2.75) is 32.4 Å². The molecule has 1 aliphatic heterocycles. The van der Waals surface area contributed by atoms with Gasteiger partial charge in [-0.25, -0.2) is 0 Å². The second-order valence-electron chi connectivity index (χ2n) is 9.13. The number of fused-ring (bicyclic) bond motifs is 1. The van der Waals surface area contributed by atoms with Crippen LogP contribution in [0.15, 0.2) is 72.8 Å². The Labute approximate surface area is 200 Å². The van der Waals surface area contributed by atoms with Crippen LogP contribution >= 0.6 is 0 Å². The summed E-state index contributed by atoms with van der Waals surface area (Å²) >= 11 is 0. The number of aromatic nitrogens is 1. The molecule has 1 saturated heterocycles. The van der Waals surface area contributed by atoms with E-state index in [1.165, 1.54) is 19.3 Å². The summed E-state index contributed by atoms with van der Waals surface area (Å²) < 4.78 is 8.90. The topological polar surface area (TPSA) is 57.9 Å². The molecule has 0 saturated carbocycles. The van der Waals surface area contributed by atoms with Crippen molar-refractivity contribution < 1.29 is 14.9 Å². The van der Waals surface area contributed by atoms with E-state index in [0.717, 1.165) is 52.9 Å². The lowest BCUT2D eigenvalue weighted by molar-refractivity contribution is 0.0196. The molecule has 2 heterocycles. The van der Waals surface area contributed by atoms with Crippen LogP contribution in [0, 0.1) is 6.92 Å². The first kappa shape index (κ1) is 22.5. The van der Waals surface area contributed by atoms with Crippen LogP contribution in [-0.2, 0) is 4.74 Å². The van der Waals surface area contributed by atoms with E-state index >= 15 is 0 Å². The van der Waals surface area contributed by atoms with Gasteiger partial charge in [0, 0.05) is 17.5 Å². The van der Waals surface area contributed by atoms with E-state index < -0.39 is 0 Å². The van der Waals surface area contributed by atoms with E-state index in [1.54, 1.807) is 18.2 Å². The lowest BCUT2D eigenvalue weighted by atomic mass is 10.1. The third kappa shape index (κ3) is 4.54. The van der Waals surface area contributed by atoms with Gasteiger partial charge in [0.15, 0.2) is 6.23 Å². The maximum absolute atomic E-state index is 10.2. The molecule has 0 amide bonds. The van der Waals surface area contributed by atoms with Gasteiger partial charge in [-0.1, -0.05) is 36.8 Å². The zero-order chi connectivity index (χ0) is 23.5. The van der Waals surface area contributed by atoms with E-state index in [0.29, 0.717) is 6.61 Å². The van der Waals surface area contributed by atoms with Gasteiger partial charge in [0.25, 0.3) is 0 Å². The maximum Gasteiger partial charge on any atom is 0.160 e. The summed E-state index contributed by atoms with van der Waals surface area (Å²) in [6.45, 7) is 5.91. The summed E-state index contributed by atoms with van der Waals surface area (Å²) in [7, 11) is 0. The first-order chi connectivity index (χ1) is 16.6. The van der Waals surface area contributed by atoms with Crippen molar-refractivity contribution in [3.63, 3.8) is 0 Å². The number of hydrogen-bond acceptors (Lipinski definition) is 4. The molecule has 2 N–H and O–H groups in total. The number of piperidine rings is 1. The number of benzene rings is 3. The Morgan fingerprint density at radius 3 is 2.29 bits per heavy atom. The summed E-state index contributed by atoms with van der Waals surface area (Å²) in [4.78, 5) is 2.49. The van der Waals surface area contributed by atoms with Crippen LogP contribution in [0.5, 0.6) is 11.5 Å². The number of aromatic hydroxyl groups is 2. The summed E-state index contributed by atoms with van der Waals surface area (Å²) in [5, 5.41) is 21.1. The molecule has 34 heavy (non-hydrogen) atoms. The highest BCUT2D eigenvalue weighted by atomic mass is 16.5. The fourth-order valence-electron chi connectivity index (χ4n) is 5.10. The van der Waals surface area contributed by atoms with E-state index in [-0.39, 0.29) is 17.7 Å². The van der Waals surface area contributed by atoms with Gasteiger partial charge in [-0.15, -0.1) is 0 Å². The maximum atomic E-state index is 10.2. The molecule has 1 atom stereocenters. The Hall–Kier alpha value is -3.28. The molecular formula is C29H32N2O3. The monoisotopic (exact) mass is 456 g/mol. The number of phenolic OH excluding ortho intramolecular Hbond substituents is 2. The average molecular weight is 457 g/mol.